The number of nitrogens with two attached hydrogens (primary N) is 2. The molecular weight excluding hydrogens is 935 g/mol. The fourth-order valence-electron chi connectivity index (χ4n) is 5.97. The quantitative estimate of drug-likeness (QED) is 0.0283. The van der Waals surface area contributed by atoms with E-state index in [0.717, 1.165) is 23.2 Å². The summed E-state index contributed by atoms with van der Waals surface area (Å²) < 4.78 is 32.6. The number of hydrogen-bond acceptors (Lipinski definition) is 16. The highest BCUT2D eigenvalue weighted by Crippen LogP contribution is 2.18. The van der Waals surface area contributed by atoms with Gasteiger partial charge in [0.25, 0.3) is 22.0 Å². The minimum Gasteiger partial charge on any atom is -0.481 e. The Morgan fingerprint density at radius 1 is 0.971 bits per heavy atom. The van der Waals surface area contributed by atoms with Crippen LogP contribution in [-0.4, -0.2) is 142 Å². The summed E-state index contributed by atoms with van der Waals surface area (Å²) in [6.45, 7) is 0.676. The number of amides is 6. The van der Waals surface area contributed by atoms with E-state index in [1.165, 1.54) is 55.2 Å². The Labute approximate surface area is 394 Å². The number of pyridine rings is 1. The summed E-state index contributed by atoms with van der Waals surface area (Å²) in [4.78, 5) is 113. The number of thiazole rings is 1. The molecule has 28 heteroatoms. The molecule has 0 saturated carbocycles. The number of carbonyl (C=O) groups excluding carboxylic acids is 6. The number of likely N-dealkylation sites (N-methyl/N-ethyl adjacent to an activating group) is 1. The van der Waals surface area contributed by atoms with Crippen molar-refractivity contribution in [3.05, 3.63) is 64.8 Å². The number of unbranched alkanes of at least 4 members (excludes halogenated alkanes) is 1. The topological polar surface area (TPSA) is 409 Å². The highest BCUT2D eigenvalue weighted by atomic mass is 32.2. The molecule has 1 aliphatic heterocycles. The number of hydrogen-bond donors (Lipinski definition) is 11. The van der Waals surface area contributed by atoms with E-state index in [-0.39, 0.29) is 84.8 Å². The average Bonchev–Trinajstić information content (AvgIpc) is 3.69. The fraction of sp³-hybridized carbons (Fsp3) is 0.400. The Hall–Kier alpha value is -7.59. The third-order valence-electron chi connectivity index (χ3n) is 9.07. The van der Waals surface area contributed by atoms with E-state index in [4.69, 9.17) is 21.4 Å². The number of guanidine groups is 1. The molecule has 0 aliphatic carbocycles. The first-order valence-electron chi connectivity index (χ1n) is 20.1. The number of aliphatic carboxylic acids is 2. The number of carboxylic acids is 2. The second-order valence-corrected chi connectivity index (χ2v) is 16.6. The van der Waals surface area contributed by atoms with Gasteiger partial charge in [-0.2, -0.15) is 13.5 Å². The van der Waals surface area contributed by atoms with Gasteiger partial charge in [0, 0.05) is 44.2 Å². The molecule has 3 aromatic rings. The SMILES string of the molecule is C.CC(=O)O.CN1C(=O)[C@@H](CCCCNC(=O)c2ccc(NN=Cc3ccccc3S(=O)(=O)O)nc2)NC(=O)Cc2csc(n2)NC(=O)[C@H](CC(=O)O)NC(=O)CNC(=O)[C@@H]1CCCN=C(N)N. The van der Waals surface area contributed by atoms with E-state index in [1.807, 2.05) is 0 Å². The molecule has 3 atom stereocenters. The number of fused-ring (bicyclic) bond motifs is 2. The largest absolute Gasteiger partial charge is 0.481 e. The molecule has 0 spiro atoms. The smallest absolute Gasteiger partial charge is 0.305 e. The summed E-state index contributed by atoms with van der Waals surface area (Å²) in [6, 6.07) is 4.73. The summed E-state index contributed by atoms with van der Waals surface area (Å²) in [5.74, 6) is -6.42. The second kappa shape index (κ2) is 27.8. The van der Waals surface area contributed by atoms with Gasteiger partial charge >= 0.3 is 5.97 Å². The lowest BCUT2D eigenvalue weighted by atomic mass is 10.0. The number of nitrogens with zero attached hydrogens (tertiary/aromatic N) is 5. The van der Waals surface area contributed by atoms with Crippen LogP contribution in [0.15, 0.2) is 63.0 Å². The van der Waals surface area contributed by atoms with Crippen molar-refractivity contribution in [2.24, 2.45) is 21.6 Å². The van der Waals surface area contributed by atoms with Crippen LogP contribution in [0.25, 0.3) is 0 Å². The minimum absolute atomic E-state index is 0. The zero-order valence-electron chi connectivity index (χ0n) is 36.1. The van der Waals surface area contributed by atoms with Gasteiger partial charge in [0.1, 0.15) is 28.8 Å². The molecule has 68 heavy (non-hydrogen) atoms. The molecule has 0 fully saturated rings. The molecule has 0 unspecified atom stereocenters. The van der Waals surface area contributed by atoms with Crippen molar-refractivity contribution in [2.75, 3.05) is 37.4 Å². The minimum atomic E-state index is -4.47. The highest BCUT2D eigenvalue weighted by Gasteiger charge is 2.33. The lowest BCUT2D eigenvalue weighted by Crippen LogP contribution is -2.55. The van der Waals surface area contributed by atoms with Crippen LogP contribution < -0.4 is 43.5 Å². The first-order chi connectivity index (χ1) is 31.6. The number of aliphatic imine (C=N–C) groups is 1. The van der Waals surface area contributed by atoms with Gasteiger partial charge in [0.05, 0.1) is 36.9 Å². The average molecular weight is 990 g/mol. The monoisotopic (exact) mass is 989 g/mol. The standard InChI is InChI=1S/C37H47N13O11S2.C2H4O2.CH4/c1-50-26(9-6-14-41-36(38)39)34(57)43-19-30(52)47-25(16-31(53)54)33(56)48-37-45-23(20-62-37)15-29(51)46-24(35(50)58)8-4-5-13-40-32(55)22-11-12-28(42-17-22)49-44-18-21-7-2-3-10-27(21)63(59,60)61;1-2(3)4;/h2-3,7,10-12,17-18,20,24-26H,4-6,8-9,13-16,19H2,1H3,(H,40,55)(H,42,49)(H,43,57)(H,46,51)(H,47,52)(H,53,54)(H4,38,39,41)(H,45,48,56)(H,59,60,61);1H3,(H,3,4);1H4/t24-,25+,26+;;/m1../s1. The van der Waals surface area contributed by atoms with E-state index >= 15 is 0 Å². The summed E-state index contributed by atoms with van der Waals surface area (Å²) in [5, 5.41) is 34.8. The number of benzene rings is 1. The van der Waals surface area contributed by atoms with Crippen LogP contribution in [0.2, 0.25) is 0 Å². The van der Waals surface area contributed by atoms with Gasteiger partial charge in [-0.15, -0.1) is 11.3 Å². The maximum Gasteiger partial charge on any atom is 0.305 e. The lowest BCUT2D eigenvalue weighted by molar-refractivity contribution is -0.142. The van der Waals surface area contributed by atoms with Gasteiger partial charge in [-0.3, -0.25) is 53.3 Å². The predicted octanol–water partition coefficient (Wildman–Crippen LogP) is -0.506. The molecule has 0 radical (unpaired) electrons. The molecule has 1 aromatic carbocycles. The normalized spacial score (nSPS) is 17.0. The van der Waals surface area contributed by atoms with Crippen LogP contribution in [0, 0.1) is 0 Å². The Kier molecular flexibility index (Phi) is 23.1. The lowest BCUT2D eigenvalue weighted by Gasteiger charge is -2.31. The van der Waals surface area contributed by atoms with Crippen molar-refractivity contribution in [1.29, 1.82) is 0 Å². The van der Waals surface area contributed by atoms with E-state index in [0.29, 0.717) is 12.8 Å². The van der Waals surface area contributed by atoms with Crippen LogP contribution in [0.1, 0.15) is 74.5 Å². The van der Waals surface area contributed by atoms with Gasteiger partial charge in [-0.1, -0.05) is 25.6 Å². The van der Waals surface area contributed by atoms with Crippen molar-refractivity contribution in [3.8, 4) is 0 Å². The molecule has 370 valence electrons. The van der Waals surface area contributed by atoms with Crippen molar-refractivity contribution < 1.29 is 61.5 Å². The second-order valence-electron chi connectivity index (χ2n) is 14.4. The number of hydrazone groups is 1. The van der Waals surface area contributed by atoms with Gasteiger partial charge in [0.2, 0.25) is 29.5 Å². The molecule has 3 heterocycles. The van der Waals surface area contributed by atoms with Gasteiger partial charge in [0.15, 0.2) is 11.1 Å². The Morgan fingerprint density at radius 3 is 2.31 bits per heavy atom. The first-order valence-corrected chi connectivity index (χ1v) is 22.4. The number of carboxylic acid groups (broad SMARTS) is 2. The molecule has 6 amide bonds. The van der Waals surface area contributed by atoms with Gasteiger partial charge in [-0.05, 0) is 50.3 Å². The maximum atomic E-state index is 14.1. The number of nitrogens with one attached hydrogen (secondary N) is 6. The number of rotatable bonds is 16. The van der Waals surface area contributed by atoms with Crippen LogP contribution >= 0.6 is 11.3 Å². The molecule has 26 nitrogen and oxygen atoms in total. The van der Waals surface area contributed by atoms with Crippen molar-refractivity contribution in [1.82, 2.24) is 36.1 Å². The first kappa shape index (κ1) is 56.5. The van der Waals surface area contributed by atoms with Crippen LogP contribution in [0.3, 0.4) is 0 Å². The van der Waals surface area contributed by atoms with Crippen LogP contribution in [-0.2, 0) is 50.1 Å². The molecule has 13 N–H and O–H groups in total. The Morgan fingerprint density at radius 2 is 1.66 bits per heavy atom. The third kappa shape index (κ3) is 19.9. The molecule has 2 aromatic heterocycles. The zero-order chi connectivity index (χ0) is 49.7. The summed E-state index contributed by atoms with van der Waals surface area (Å²) in [5.41, 5.74) is 14.0. The van der Waals surface area contributed by atoms with Crippen LogP contribution in [0.5, 0.6) is 0 Å². The molecular formula is C40H55N13O13S2. The highest BCUT2D eigenvalue weighted by molar-refractivity contribution is 7.86. The number of aromatic nitrogens is 2. The van der Waals surface area contributed by atoms with Crippen molar-refractivity contribution in [2.45, 2.75) is 82.3 Å². The number of anilines is 2. The summed E-state index contributed by atoms with van der Waals surface area (Å²) in [6.07, 6.45) is 2.38. The van der Waals surface area contributed by atoms with E-state index in [9.17, 15) is 51.6 Å². The van der Waals surface area contributed by atoms with E-state index in [1.54, 1.807) is 6.07 Å². The molecule has 4 rings (SSSR count). The Balaban J connectivity index is 0.00000305. The maximum absolute atomic E-state index is 14.1. The molecule has 2 bridgehead atoms. The summed E-state index contributed by atoms with van der Waals surface area (Å²) >= 11 is 0.950. The van der Waals surface area contributed by atoms with Crippen LogP contribution in [0.4, 0.5) is 10.9 Å². The molecule has 1 aliphatic rings. The predicted molar refractivity (Wildman–Crippen MR) is 248 cm³/mol. The summed E-state index contributed by atoms with van der Waals surface area (Å²) in [7, 11) is -3.12. The van der Waals surface area contributed by atoms with E-state index in [2.05, 4.69) is 52.1 Å². The van der Waals surface area contributed by atoms with Gasteiger partial charge in [-0.25, -0.2) is 9.97 Å². The molecule has 0 saturated heterocycles. The third-order valence-corrected chi connectivity index (χ3v) is 10.8. The Bertz CT molecular complexity index is 2420. The number of carbonyl (C=O) groups is 8. The van der Waals surface area contributed by atoms with Gasteiger partial charge < -0.3 is 53.2 Å². The van der Waals surface area contributed by atoms with Crippen molar-refractivity contribution in [3.63, 3.8) is 0 Å². The van der Waals surface area contributed by atoms with E-state index < -0.39 is 88.6 Å². The zero-order valence-corrected chi connectivity index (χ0v) is 37.8. The fourth-order valence-corrected chi connectivity index (χ4v) is 7.36. The van der Waals surface area contributed by atoms with Crippen molar-refractivity contribution >= 4 is 92.0 Å².